The molecule has 22 heavy (non-hydrogen) atoms. The van der Waals surface area contributed by atoms with Crippen LogP contribution in [0.3, 0.4) is 0 Å². The van der Waals surface area contributed by atoms with Crippen molar-refractivity contribution in [2.24, 2.45) is 11.8 Å². The first kappa shape index (κ1) is 17.7. The number of rotatable bonds is 5. The third kappa shape index (κ3) is 3.82. The number of nitrogens with one attached hydrogen (secondary N) is 1. The fourth-order valence-corrected chi connectivity index (χ4v) is 5.52. The van der Waals surface area contributed by atoms with Crippen molar-refractivity contribution in [3.63, 3.8) is 0 Å². The predicted octanol–water partition coefficient (Wildman–Crippen LogP) is 2.13. The van der Waals surface area contributed by atoms with Crippen molar-refractivity contribution < 1.29 is 13.2 Å². The Morgan fingerprint density at radius 2 is 1.91 bits per heavy atom. The zero-order chi connectivity index (χ0) is 16.3. The largest absolute Gasteiger partial charge is 0.352 e. The van der Waals surface area contributed by atoms with Crippen molar-refractivity contribution in [1.82, 2.24) is 9.62 Å². The summed E-state index contributed by atoms with van der Waals surface area (Å²) in [5, 5.41) is 3.14. The van der Waals surface area contributed by atoms with Crippen LogP contribution in [-0.4, -0.2) is 43.0 Å². The van der Waals surface area contributed by atoms with Crippen LogP contribution < -0.4 is 5.32 Å². The van der Waals surface area contributed by atoms with Crippen molar-refractivity contribution in [2.45, 2.75) is 71.4 Å². The van der Waals surface area contributed by atoms with E-state index in [1.165, 1.54) is 10.7 Å². The molecule has 0 aromatic rings. The van der Waals surface area contributed by atoms with Gasteiger partial charge < -0.3 is 5.32 Å². The Bertz CT molecular complexity index is 492. The van der Waals surface area contributed by atoms with Crippen LogP contribution in [0.2, 0.25) is 0 Å². The molecule has 2 aliphatic rings. The van der Waals surface area contributed by atoms with Crippen LogP contribution in [0.25, 0.3) is 0 Å². The van der Waals surface area contributed by atoms with E-state index in [-0.39, 0.29) is 17.7 Å². The smallest absolute Gasteiger partial charge is 0.238 e. The average Bonchev–Trinajstić information content (AvgIpc) is 2.94. The molecule has 128 valence electrons. The molecule has 1 aliphatic heterocycles. The number of hydrogen-bond donors (Lipinski definition) is 1. The van der Waals surface area contributed by atoms with Crippen molar-refractivity contribution in [3.8, 4) is 0 Å². The summed E-state index contributed by atoms with van der Waals surface area (Å²) in [6.07, 6.45) is 5.37. The van der Waals surface area contributed by atoms with E-state index in [9.17, 15) is 13.2 Å². The summed E-state index contributed by atoms with van der Waals surface area (Å²) in [5.74, 6) is 1.11. The minimum Gasteiger partial charge on any atom is -0.352 e. The molecule has 1 amide bonds. The summed E-state index contributed by atoms with van der Waals surface area (Å²) in [6.45, 7) is 6.76. The molecule has 0 spiro atoms. The van der Waals surface area contributed by atoms with Crippen molar-refractivity contribution in [1.29, 1.82) is 0 Å². The molecule has 1 saturated heterocycles. The van der Waals surface area contributed by atoms with Crippen LogP contribution in [0.4, 0.5) is 0 Å². The average molecular weight is 330 g/mol. The van der Waals surface area contributed by atoms with Gasteiger partial charge in [-0.1, -0.05) is 33.6 Å². The van der Waals surface area contributed by atoms with Crippen LogP contribution in [0.5, 0.6) is 0 Å². The normalized spacial score (nSPS) is 33.8. The Morgan fingerprint density at radius 3 is 2.59 bits per heavy atom. The molecule has 1 saturated carbocycles. The minimum absolute atomic E-state index is 0.0943. The van der Waals surface area contributed by atoms with E-state index in [4.69, 9.17) is 0 Å². The minimum atomic E-state index is -3.30. The first-order valence-electron chi connectivity index (χ1n) is 8.66. The van der Waals surface area contributed by atoms with Gasteiger partial charge in [-0.05, 0) is 37.5 Å². The molecule has 4 atom stereocenters. The maximum atomic E-state index is 12.6. The molecule has 1 heterocycles. The lowest BCUT2D eigenvalue weighted by molar-refractivity contribution is -0.125. The van der Waals surface area contributed by atoms with Crippen LogP contribution in [0.15, 0.2) is 0 Å². The second kappa shape index (κ2) is 7.30. The number of hydrogen-bond acceptors (Lipinski definition) is 3. The zero-order valence-electron chi connectivity index (χ0n) is 14.0. The Balaban J connectivity index is 2.02. The van der Waals surface area contributed by atoms with Gasteiger partial charge in [-0.2, -0.15) is 4.31 Å². The van der Waals surface area contributed by atoms with Crippen molar-refractivity contribution in [2.75, 3.05) is 12.3 Å². The van der Waals surface area contributed by atoms with E-state index in [1.54, 1.807) is 0 Å². The number of carbonyl (C=O) groups excluding carboxylic acids is 1. The topological polar surface area (TPSA) is 66.5 Å². The summed E-state index contributed by atoms with van der Waals surface area (Å²) >= 11 is 0. The highest BCUT2D eigenvalue weighted by Gasteiger charge is 2.39. The van der Waals surface area contributed by atoms with Crippen molar-refractivity contribution >= 4 is 15.9 Å². The Morgan fingerprint density at radius 1 is 1.18 bits per heavy atom. The van der Waals surface area contributed by atoms with Gasteiger partial charge in [0.1, 0.15) is 6.04 Å². The second-order valence-electron chi connectivity index (χ2n) is 6.97. The van der Waals surface area contributed by atoms with Crippen LogP contribution >= 0.6 is 0 Å². The molecule has 2 fully saturated rings. The van der Waals surface area contributed by atoms with Gasteiger partial charge in [0.15, 0.2) is 0 Å². The molecule has 0 bridgehead atoms. The first-order valence-corrected chi connectivity index (χ1v) is 10.3. The highest BCUT2D eigenvalue weighted by Crippen LogP contribution is 2.30. The summed E-state index contributed by atoms with van der Waals surface area (Å²) in [6, 6.07) is -0.312. The highest BCUT2D eigenvalue weighted by atomic mass is 32.2. The fourth-order valence-electron chi connectivity index (χ4n) is 3.77. The molecule has 2 rings (SSSR count). The van der Waals surface area contributed by atoms with E-state index in [0.717, 1.165) is 19.3 Å². The van der Waals surface area contributed by atoms with E-state index in [0.29, 0.717) is 31.2 Å². The third-order valence-electron chi connectivity index (χ3n) is 5.36. The van der Waals surface area contributed by atoms with E-state index in [1.807, 2.05) is 6.92 Å². The molecular weight excluding hydrogens is 300 g/mol. The maximum Gasteiger partial charge on any atom is 0.238 e. The van der Waals surface area contributed by atoms with Crippen LogP contribution in [0, 0.1) is 11.8 Å². The Labute approximate surface area is 134 Å². The van der Waals surface area contributed by atoms with Gasteiger partial charge in [0.25, 0.3) is 0 Å². The number of sulfonamides is 1. The van der Waals surface area contributed by atoms with E-state index in [2.05, 4.69) is 19.2 Å². The second-order valence-corrected chi connectivity index (χ2v) is 9.01. The summed E-state index contributed by atoms with van der Waals surface area (Å²) in [4.78, 5) is 12.6. The van der Waals surface area contributed by atoms with Gasteiger partial charge in [0, 0.05) is 12.6 Å². The van der Waals surface area contributed by atoms with Crippen LogP contribution in [-0.2, 0) is 14.8 Å². The standard InChI is InChI=1S/C16H30N2O3S/c1-4-11-22(20,21)18-10-6-9-15(18)16(19)17-14-8-5-7-12(2)13(14)3/h12-15H,4-11H2,1-3H3,(H,17,19)/t12-,13+,14+,15+/m0/s1. The lowest BCUT2D eigenvalue weighted by Crippen LogP contribution is -2.52. The number of nitrogens with zero attached hydrogens (tertiary/aromatic N) is 1. The molecule has 0 aromatic carbocycles. The predicted molar refractivity (Wildman–Crippen MR) is 87.9 cm³/mol. The summed E-state index contributed by atoms with van der Waals surface area (Å²) in [5.41, 5.74) is 0. The van der Waals surface area contributed by atoms with Gasteiger partial charge in [-0.25, -0.2) is 8.42 Å². The molecule has 0 aromatic heterocycles. The molecule has 6 heteroatoms. The van der Waals surface area contributed by atoms with E-state index >= 15 is 0 Å². The SMILES string of the molecule is CCCS(=O)(=O)N1CCC[C@@H]1C(=O)N[C@@H]1CCC[C@H](C)[C@H]1C. The van der Waals surface area contributed by atoms with Crippen molar-refractivity contribution in [3.05, 3.63) is 0 Å². The lowest BCUT2D eigenvalue weighted by Gasteiger charge is -2.35. The molecule has 0 radical (unpaired) electrons. The summed E-state index contributed by atoms with van der Waals surface area (Å²) in [7, 11) is -3.30. The monoisotopic (exact) mass is 330 g/mol. The third-order valence-corrected chi connectivity index (χ3v) is 7.44. The lowest BCUT2D eigenvalue weighted by atomic mass is 9.78. The van der Waals surface area contributed by atoms with Crippen LogP contribution in [0.1, 0.15) is 59.3 Å². The van der Waals surface area contributed by atoms with Gasteiger partial charge in [-0.15, -0.1) is 0 Å². The highest BCUT2D eigenvalue weighted by molar-refractivity contribution is 7.89. The van der Waals surface area contributed by atoms with Gasteiger partial charge in [0.05, 0.1) is 5.75 Å². The van der Waals surface area contributed by atoms with E-state index < -0.39 is 16.1 Å². The quantitative estimate of drug-likeness (QED) is 0.840. The fraction of sp³-hybridized carbons (Fsp3) is 0.938. The molecule has 1 aliphatic carbocycles. The van der Waals surface area contributed by atoms with Gasteiger partial charge >= 0.3 is 0 Å². The summed E-state index contributed by atoms with van der Waals surface area (Å²) < 4.78 is 26.0. The van der Waals surface area contributed by atoms with Gasteiger partial charge in [-0.3, -0.25) is 4.79 Å². The van der Waals surface area contributed by atoms with Gasteiger partial charge in [0.2, 0.25) is 15.9 Å². The first-order chi connectivity index (χ1) is 10.4. The molecule has 1 N–H and O–H groups in total. The molecule has 0 unspecified atom stereocenters. The zero-order valence-corrected chi connectivity index (χ0v) is 14.9. The Kier molecular flexibility index (Phi) is 5.88. The number of carbonyl (C=O) groups is 1. The maximum absolute atomic E-state index is 12.6. The Hall–Kier alpha value is -0.620. The molecular formula is C16H30N2O3S. The molecule has 5 nitrogen and oxygen atoms in total. The number of amides is 1.